The summed E-state index contributed by atoms with van der Waals surface area (Å²) in [4.78, 5) is 18.6. The van der Waals surface area contributed by atoms with Gasteiger partial charge in [-0.05, 0) is 13.0 Å². The molecule has 1 amide bonds. The zero-order valence-corrected chi connectivity index (χ0v) is 12.4. The van der Waals surface area contributed by atoms with Crippen molar-refractivity contribution in [2.45, 2.75) is 25.4 Å². The van der Waals surface area contributed by atoms with Crippen LogP contribution in [0.1, 0.15) is 17.7 Å². The van der Waals surface area contributed by atoms with E-state index in [1.807, 2.05) is 5.32 Å². The molecule has 0 spiro atoms. The molecule has 1 N–H and O–H groups in total. The third kappa shape index (κ3) is 3.30. The van der Waals surface area contributed by atoms with E-state index in [1.54, 1.807) is 0 Å². The lowest BCUT2D eigenvalue weighted by molar-refractivity contribution is -0.137. The van der Waals surface area contributed by atoms with Crippen molar-refractivity contribution in [2.75, 3.05) is 5.32 Å². The smallest absolute Gasteiger partial charge is 0.411 e. The summed E-state index contributed by atoms with van der Waals surface area (Å²) in [5.74, 6) is -6.84. The van der Waals surface area contributed by atoms with Gasteiger partial charge < -0.3 is 9.73 Å². The number of aryl methyl sites for hydroxylation is 1. The number of anilines is 1. The van der Waals surface area contributed by atoms with Crippen LogP contribution >= 0.6 is 0 Å². The summed E-state index contributed by atoms with van der Waals surface area (Å²) in [6, 6.07) is -0.422. The van der Waals surface area contributed by atoms with Gasteiger partial charge in [0.15, 0.2) is 0 Å². The predicted molar refractivity (Wildman–Crippen MR) is 71.1 cm³/mol. The summed E-state index contributed by atoms with van der Waals surface area (Å²) in [5.41, 5.74) is -2.21. The highest BCUT2D eigenvalue weighted by molar-refractivity contribution is 5.95. The zero-order chi connectivity index (χ0) is 18.6. The van der Waals surface area contributed by atoms with E-state index in [1.165, 1.54) is 6.92 Å². The molecule has 0 aromatic carbocycles. The van der Waals surface area contributed by atoms with Gasteiger partial charge in [0, 0.05) is 12.6 Å². The summed E-state index contributed by atoms with van der Waals surface area (Å²) in [6.45, 7) is 1.19. The number of amides is 1. The largest absolute Gasteiger partial charge is 0.418 e. The molecule has 0 unspecified atom stereocenters. The lowest BCUT2D eigenvalue weighted by Gasteiger charge is -2.12. The van der Waals surface area contributed by atoms with Crippen molar-refractivity contribution in [3.63, 3.8) is 0 Å². The van der Waals surface area contributed by atoms with Crippen LogP contribution in [0.5, 0.6) is 0 Å². The Morgan fingerprint density at radius 1 is 1.40 bits per heavy atom. The number of hydrogen-bond donors (Lipinski definition) is 1. The van der Waals surface area contributed by atoms with Crippen LogP contribution in [0.2, 0.25) is 0 Å². The first-order valence-corrected chi connectivity index (χ1v) is 6.88. The maximum Gasteiger partial charge on any atom is 0.418 e. The van der Waals surface area contributed by atoms with Gasteiger partial charge in [-0.1, -0.05) is 0 Å². The van der Waals surface area contributed by atoms with Crippen LogP contribution in [-0.4, -0.2) is 21.8 Å². The Morgan fingerprint density at radius 3 is 2.52 bits per heavy atom. The number of alkyl halides is 5. The molecule has 1 aliphatic carbocycles. The number of rotatable bonds is 3. The van der Waals surface area contributed by atoms with Crippen LogP contribution in [0, 0.1) is 18.9 Å². The first-order chi connectivity index (χ1) is 11.5. The van der Waals surface area contributed by atoms with Crippen molar-refractivity contribution < 1.29 is 35.6 Å². The summed E-state index contributed by atoms with van der Waals surface area (Å²) in [6.07, 6.45) is -5.11. The van der Waals surface area contributed by atoms with Gasteiger partial charge >= 0.3 is 12.2 Å². The highest BCUT2D eigenvalue weighted by Crippen LogP contribution is 2.49. The SMILES string of the molecule is Cc1nc(-c2cc(NC(=O)[C@H]3CC3(F)F)ncc2C(F)(F)F)oc1F. The molecule has 1 fully saturated rings. The number of hydrogen-bond acceptors (Lipinski definition) is 4. The quantitative estimate of drug-likeness (QED) is 0.841. The van der Waals surface area contributed by atoms with Gasteiger partial charge in [0.2, 0.25) is 11.8 Å². The second-order valence-corrected chi connectivity index (χ2v) is 5.50. The molecule has 5 nitrogen and oxygen atoms in total. The van der Waals surface area contributed by atoms with Crippen molar-refractivity contribution in [3.05, 3.63) is 29.5 Å². The minimum atomic E-state index is -4.85. The molecule has 1 atom stereocenters. The Bertz CT molecular complexity index is 826. The van der Waals surface area contributed by atoms with Gasteiger partial charge in [0.25, 0.3) is 5.92 Å². The van der Waals surface area contributed by atoms with E-state index < -0.39 is 59.2 Å². The van der Waals surface area contributed by atoms with Gasteiger partial charge in [-0.15, -0.1) is 0 Å². The standard InChI is InChI=1S/C14H9F6N3O2/c1-5-10(15)25-12(22-5)6-2-9(21-4-8(6)14(18,19)20)23-11(24)7-3-13(7,16)17/h2,4,7H,3H2,1H3,(H,21,23,24)/t7-/m1/s1. The van der Waals surface area contributed by atoms with Gasteiger partial charge in [-0.2, -0.15) is 17.6 Å². The second-order valence-electron chi connectivity index (χ2n) is 5.50. The normalized spacial score (nSPS) is 18.9. The molecule has 2 aromatic heterocycles. The van der Waals surface area contributed by atoms with Crippen LogP contribution in [0.4, 0.5) is 32.2 Å². The van der Waals surface area contributed by atoms with Crippen LogP contribution < -0.4 is 5.32 Å². The summed E-state index contributed by atoms with van der Waals surface area (Å²) in [5, 5.41) is 2.01. The van der Waals surface area contributed by atoms with Crippen molar-refractivity contribution in [1.82, 2.24) is 9.97 Å². The van der Waals surface area contributed by atoms with E-state index in [-0.39, 0.29) is 5.69 Å². The fraction of sp³-hybridized carbons (Fsp3) is 0.357. The summed E-state index contributed by atoms with van der Waals surface area (Å²) < 4.78 is 82.8. The molecule has 1 aliphatic rings. The molecule has 2 heterocycles. The van der Waals surface area contributed by atoms with E-state index in [2.05, 4.69) is 14.4 Å². The lowest BCUT2D eigenvalue weighted by Crippen LogP contribution is -2.19. The third-order valence-corrected chi connectivity index (χ3v) is 3.57. The number of carbonyl (C=O) groups is 1. The summed E-state index contributed by atoms with van der Waals surface area (Å²) >= 11 is 0. The maximum atomic E-state index is 13.3. The van der Waals surface area contributed by atoms with E-state index in [0.29, 0.717) is 6.20 Å². The van der Waals surface area contributed by atoms with Gasteiger partial charge in [0.1, 0.15) is 17.4 Å². The minimum Gasteiger partial charge on any atom is -0.411 e. The van der Waals surface area contributed by atoms with Gasteiger partial charge in [-0.3, -0.25) is 4.79 Å². The molecule has 3 rings (SSSR count). The van der Waals surface area contributed by atoms with Crippen LogP contribution in [0.15, 0.2) is 16.7 Å². The zero-order valence-electron chi connectivity index (χ0n) is 12.4. The number of nitrogens with one attached hydrogen (secondary N) is 1. The highest BCUT2D eigenvalue weighted by atomic mass is 19.4. The van der Waals surface area contributed by atoms with E-state index >= 15 is 0 Å². The average molecular weight is 365 g/mol. The molecule has 2 aromatic rings. The highest BCUT2D eigenvalue weighted by Gasteiger charge is 2.61. The molecule has 25 heavy (non-hydrogen) atoms. The average Bonchev–Trinajstić information content (AvgIpc) is 3.00. The first kappa shape index (κ1) is 17.2. The van der Waals surface area contributed by atoms with Crippen molar-refractivity contribution in [3.8, 4) is 11.5 Å². The van der Waals surface area contributed by atoms with E-state index in [0.717, 1.165) is 6.07 Å². The Balaban J connectivity index is 1.97. The molecule has 0 bridgehead atoms. The molecule has 0 saturated heterocycles. The monoisotopic (exact) mass is 365 g/mol. The number of aromatic nitrogens is 2. The van der Waals surface area contributed by atoms with Crippen LogP contribution in [0.3, 0.4) is 0 Å². The molecule has 0 radical (unpaired) electrons. The van der Waals surface area contributed by atoms with Crippen molar-refractivity contribution >= 4 is 11.7 Å². The molecule has 0 aliphatic heterocycles. The van der Waals surface area contributed by atoms with Gasteiger partial charge in [0.05, 0.1) is 11.1 Å². The van der Waals surface area contributed by atoms with Crippen molar-refractivity contribution in [2.24, 2.45) is 5.92 Å². The summed E-state index contributed by atoms with van der Waals surface area (Å²) in [7, 11) is 0. The topological polar surface area (TPSA) is 68.0 Å². The molecule has 1 saturated carbocycles. The predicted octanol–water partition coefficient (Wildman–Crippen LogP) is 3.80. The number of pyridine rings is 1. The third-order valence-electron chi connectivity index (χ3n) is 3.57. The van der Waals surface area contributed by atoms with Crippen LogP contribution in [0.25, 0.3) is 11.5 Å². The van der Waals surface area contributed by atoms with E-state index in [4.69, 9.17) is 0 Å². The Labute approximate surface area is 136 Å². The number of halogens is 6. The van der Waals surface area contributed by atoms with Crippen LogP contribution in [-0.2, 0) is 11.0 Å². The lowest BCUT2D eigenvalue weighted by atomic mass is 10.1. The van der Waals surface area contributed by atoms with E-state index in [9.17, 15) is 31.1 Å². The fourth-order valence-corrected chi connectivity index (χ4v) is 2.13. The maximum absolute atomic E-state index is 13.3. The molecular formula is C14H9F6N3O2. The number of carbonyl (C=O) groups excluding carboxylic acids is 1. The number of oxazole rings is 1. The molecule has 134 valence electrons. The molecular weight excluding hydrogens is 356 g/mol. The van der Waals surface area contributed by atoms with Gasteiger partial charge in [-0.25, -0.2) is 18.7 Å². The Kier molecular flexibility index (Phi) is 3.77. The second kappa shape index (κ2) is 5.46. The minimum absolute atomic E-state index is 0.261. The fourth-order valence-electron chi connectivity index (χ4n) is 2.13. The molecule has 11 heteroatoms. The Hall–Kier alpha value is -2.59. The number of nitrogens with zero attached hydrogens (tertiary/aromatic N) is 2. The Morgan fingerprint density at radius 2 is 2.04 bits per heavy atom. The van der Waals surface area contributed by atoms with Crippen molar-refractivity contribution in [1.29, 1.82) is 0 Å². The first-order valence-electron chi connectivity index (χ1n) is 6.88.